The van der Waals surface area contributed by atoms with E-state index in [-0.39, 0.29) is 17.1 Å². The van der Waals surface area contributed by atoms with Crippen LogP contribution < -0.4 is 10.1 Å². The van der Waals surface area contributed by atoms with Gasteiger partial charge in [-0.05, 0) is 76.9 Å². The summed E-state index contributed by atoms with van der Waals surface area (Å²) in [7, 11) is 1.67. The van der Waals surface area contributed by atoms with Gasteiger partial charge in [-0.3, -0.25) is 0 Å². The predicted molar refractivity (Wildman–Crippen MR) is 119 cm³/mol. The van der Waals surface area contributed by atoms with E-state index in [1.54, 1.807) is 7.11 Å². The third-order valence-electron chi connectivity index (χ3n) is 5.93. The highest BCUT2D eigenvalue weighted by molar-refractivity contribution is 6.31. The molecule has 2 heterocycles. The molecule has 1 aromatic heterocycles. The maximum absolute atomic E-state index is 10.7. The number of rotatable bonds is 3. The SMILES string of the molecule is COc1ccc2nc3cc(Cl)ccc3c(NC3CC(C)(C)N(O)C(C)(C)C3)c2c1. The third kappa shape index (κ3) is 3.63. The van der Waals surface area contributed by atoms with Gasteiger partial charge in [0, 0.05) is 32.9 Å². The topological polar surface area (TPSA) is 57.6 Å². The molecular weight excluding hydrogens is 386 g/mol. The Morgan fingerprint density at radius 3 is 2.38 bits per heavy atom. The molecule has 0 amide bonds. The maximum Gasteiger partial charge on any atom is 0.119 e. The first kappa shape index (κ1) is 20.2. The van der Waals surface area contributed by atoms with Crippen molar-refractivity contribution >= 4 is 39.1 Å². The van der Waals surface area contributed by atoms with Crippen LogP contribution in [0.25, 0.3) is 21.8 Å². The largest absolute Gasteiger partial charge is 0.497 e. The third-order valence-corrected chi connectivity index (χ3v) is 6.17. The lowest BCUT2D eigenvalue weighted by molar-refractivity contribution is -0.243. The Bertz CT molecular complexity index is 1060. The summed E-state index contributed by atoms with van der Waals surface area (Å²) in [6.45, 7) is 8.31. The highest BCUT2D eigenvalue weighted by Crippen LogP contribution is 2.40. The summed E-state index contributed by atoms with van der Waals surface area (Å²) in [5, 5.41) is 18.7. The van der Waals surface area contributed by atoms with Crippen LogP contribution in [0.4, 0.5) is 5.69 Å². The molecule has 1 aliphatic heterocycles. The summed E-state index contributed by atoms with van der Waals surface area (Å²) in [6.07, 6.45) is 1.63. The molecule has 0 bridgehead atoms. The number of benzene rings is 2. The molecule has 2 aromatic carbocycles. The van der Waals surface area contributed by atoms with Crippen LogP contribution in [0.5, 0.6) is 5.75 Å². The highest BCUT2D eigenvalue weighted by atomic mass is 35.5. The lowest BCUT2D eigenvalue weighted by Crippen LogP contribution is -2.61. The van der Waals surface area contributed by atoms with Gasteiger partial charge >= 0.3 is 0 Å². The molecular formula is C23H28ClN3O2. The lowest BCUT2D eigenvalue weighted by Gasteiger charge is -2.51. The molecule has 0 radical (unpaired) electrons. The van der Waals surface area contributed by atoms with Gasteiger partial charge in [0.2, 0.25) is 0 Å². The van der Waals surface area contributed by atoms with E-state index in [4.69, 9.17) is 21.3 Å². The van der Waals surface area contributed by atoms with Crippen LogP contribution in [-0.4, -0.2) is 39.5 Å². The number of nitrogens with zero attached hydrogens (tertiary/aromatic N) is 2. The molecule has 0 spiro atoms. The molecule has 29 heavy (non-hydrogen) atoms. The van der Waals surface area contributed by atoms with Crippen molar-refractivity contribution in [1.29, 1.82) is 0 Å². The molecule has 0 atom stereocenters. The summed E-state index contributed by atoms with van der Waals surface area (Å²) in [4.78, 5) is 4.81. The number of aromatic nitrogens is 1. The Hall–Kier alpha value is -2.08. The average molecular weight is 414 g/mol. The van der Waals surface area contributed by atoms with Crippen molar-refractivity contribution in [3.05, 3.63) is 41.4 Å². The quantitative estimate of drug-likeness (QED) is 0.525. The van der Waals surface area contributed by atoms with Crippen LogP contribution in [-0.2, 0) is 0 Å². The van der Waals surface area contributed by atoms with E-state index in [0.29, 0.717) is 5.02 Å². The minimum Gasteiger partial charge on any atom is -0.497 e. The lowest BCUT2D eigenvalue weighted by atomic mass is 9.79. The van der Waals surface area contributed by atoms with E-state index in [0.717, 1.165) is 46.1 Å². The van der Waals surface area contributed by atoms with Crippen LogP contribution >= 0.6 is 11.6 Å². The summed E-state index contributed by atoms with van der Waals surface area (Å²) < 4.78 is 5.46. The van der Waals surface area contributed by atoms with Crippen molar-refractivity contribution in [2.75, 3.05) is 12.4 Å². The molecule has 2 N–H and O–H groups in total. The number of halogens is 1. The first-order valence-electron chi connectivity index (χ1n) is 9.93. The van der Waals surface area contributed by atoms with Crippen LogP contribution in [0, 0.1) is 0 Å². The molecule has 6 heteroatoms. The number of nitrogens with one attached hydrogen (secondary N) is 1. The van der Waals surface area contributed by atoms with Gasteiger partial charge in [0.15, 0.2) is 0 Å². The van der Waals surface area contributed by atoms with E-state index in [2.05, 4.69) is 33.0 Å². The number of piperidine rings is 1. The van der Waals surface area contributed by atoms with Gasteiger partial charge in [-0.1, -0.05) is 11.6 Å². The van der Waals surface area contributed by atoms with E-state index < -0.39 is 0 Å². The van der Waals surface area contributed by atoms with E-state index in [1.165, 1.54) is 5.06 Å². The molecule has 1 fully saturated rings. The van der Waals surface area contributed by atoms with Crippen LogP contribution in [0.1, 0.15) is 40.5 Å². The number of hydrogen-bond acceptors (Lipinski definition) is 5. The van der Waals surface area contributed by atoms with Gasteiger partial charge in [-0.25, -0.2) is 4.98 Å². The minimum absolute atomic E-state index is 0.194. The Kier molecular flexibility index (Phi) is 4.88. The van der Waals surface area contributed by atoms with Crippen molar-refractivity contribution in [2.45, 2.75) is 57.7 Å². The fourth-order valence-corrected chi connectivity index (χ4v) is 4.92. The predicted octanol–water partition coefficient (Wildman–Crippen LogP) is 5.87. The molecule has 4 rings (SSSR count). The molecule has 1 aliphatic rings. The van der Waals surface area contributed by atoms with Crippen molar-refractivity contribution in [3.63, 3.8) is 0 Å². The first-order valence-corrected chi connectivity index (χ1v) is 10.3. The average Bonchev–Trinajstić information content (AvgIpc) is 2.65. The van der Waals surface area contributed by atoms with Crippen LogP contribution in [0.15, 0.2) is 36.4 Å². The molecule has 0 unspecified atom stereocenters. The van der Waals surface area contributed by atoms with Crippen molar-refractivity contribution in [2.24, 2.45) is 0 Å². The zero-order chi connectivity index (χ0) is 21.0. The van der Waals surface area contributed by atoms with Gasteiger partial charge in [-0.2, -0.15) is 5.06 Å². The standard InChI is InChI=1S/C23H28ClN3O2/c1-22(2)12-15(13-23(3,4)27(22)28)25-21-17-8-6-14(24)10-20(17)26-19-9-7-16(29-5)11-18(19)21/h6-11,15,28H,12-13H2,1-5H3,(H,25,26). The number of methoxy groups -OCH3 is 1. The van der Waals surface area contributed by atoms with E-state index in [9.17, 15) is 5.21 Å². The number of fused-ring (bicyclic) bond motifs is 2. The van der Waals surface area contributed by atoms with Crippen molar-refractivity contribution in [3.8, 4) is 5.75 Å². The monoisotopic (exact) mass is 413 g/mol. The van der Waals surface area contributed by atoms with Gasteiger partial charge < -0.3 is 15.3 Å². The molecule has 154 valence electrons. The highest BCUT2D eigenvalue weighted by Gasteiger charge is 2.45. The Morgan fingerprint density at radius 2 is 1.72 bits per heavy atom. The summed E-state index contributed by atoms with van der Waals surface area (Å²) in [5.41, 5.74) is 2.11. The van der Waals surface area contributed by atoms with Gasteiger partial charge in [0.1, 0.15) is 5.75 Å². The van der Waals surface area contributed by atoms with Crippen LogP contribution in [0.2, 0.25) is 5.02 Å². The van der Waals surface area contributed by atoms with Crippen LogP contribution in [0.3, 0.4) is 0 Å². The maximum atomic E-state index is 10.7. The number of hydroxylamine groups is 2. The summed E-state index contributed by atoms with van der Waals surface area (Å²) in [6, 6.07) is 11.9. The van der Waals surface area contributed by atoms with Gasteiger partial charge in [0.05, 0.1) is 23.8 Å². The molecule has 5 nitrogen and oxygen atoms in total. The number of pyridine rings is 1. The number of hydrogen-bond donors (Lipinski definition) is 2. The Labute approximate surface area is 176 Å². The van der Waals surface area contributed by atoms with E-state index in [1.807, 2.05) is 36.4 Å². The fourth-order valence-electron chi connectivity index (χ4n) is 4.76. The molecule has 0 saturated carbocycles. The van der Waals surface area contributed by atoms with E-state index >= 15 is 0 Å². The molecule has 3 aromatic rings. The second-order valence-corrected chi connectivity index (χ2v) is 9.65. The smallest absolute Gasteiger partial charge is 0.119 e. The van der Waals surface area contributed by atoms with Crippen molar-refractivity contribution in [1.82, 2.24) is 10.0 Å². The first-order chi connectivity index (χ1) is 13.6. The second kappa shape index (κ2) is 7.01. The second-order valence-electron chi connectivity index (χ2n) is 9.22. The number of ether oxygens (including phenoxy) is 1. The van der Waals surface area contributed by atoms with Crippen molar-refractivity contribution < 1.29 is 9.94 Å². The Balaban J connectivity index is 1.86. The Morgan fingerprint density at radius 1 is 1.03 bits per heavy atom. The summed E-state index contributed by atoms with van der Waals surface area (Å²) >= 11 is 6.24. The molecule has 1 saturated heterocycles. The van der Waals surface area contributed by atoms with Gasteiger partial charge in [0.25, 0.3) is 0 Å². The van der Waals surface area contributed by atoms with Gasteiger partial charge in [-0.15, -0.1) is 0 Å². The molecule has 0 aliphatic carbocycles. The zero-order valence-corrected chi connectivity index (χ0v) is 18.3. The normalized spacial score (nSPS) is 19.6. The fraction of sp³-hybridized carbons (Fsp3) is 0.435. The number of anilines is 1. The minimum atomic E-state index is -0.334. The zero-order valence-electron chi connectivity index (χ0n) is 17.6. The summed E-state index contributed by atoms with van der Waals surface area (Å²) in [5.74, 6) is 0.793.